The third-order valence-corrected chi connectivity index (χ3v) is 7.58. The lowest BCUT2D eigenvalue weighted by Gasteiger charge is -2.46. The Labute approximate surface area is 185 Å². The van der Waals surface area contributed by atoms with Crippen LogP contribution in [-0.4, -0.2) is 57.1 Å². The second-order valence-corrected chi connectivity index (χ2v) is 9.70. The first-order chi connectivity index (χ1) is 14.7. The van der Waals surface area contributed by atoms with E-state index in [2.05, 4.69) is 10.3 Å². The molecule has 1 unspecified atom stereocenters. The molecule has 4 rings (SSSR count). The van der Waals surface area contributed by atoms with Gasteiger partial charge in [0, 0.05) is 43.3 Å². The molecule has 170 valence electrons. The first-order valence-electron chi connectivity index (χ1n) is 10.5. The van der Waals surface area contributed by atoms with Crippen molar-refractivity contribution in [2.75, 3.05) is 20.3 Å². The van der Waals surface area contributed by atoms with Gasteiger partial charge < -0.3 is 29.9 Å². The summed E-state index contributed by atoms with van der Waals surface area (Å²) in [6.45, 7) is 0.791. The summed E-state index contributed by atoms with van der Waals surface area (Å²) in [5.74, 6) is -3.51. The van der Waals surface area contributed by atoms with Crippen molar-refractivity contribution in [1.82, 2.24) is 10.3 Å². The lowest BCUT2D eigenvalue weighted by molar-refractivity contribution is -0.194. The summed E-state index contributed by atoms with van der Waals surface area (Å²) in [5.41, 5.74) is -0.100. The molecule has 2 aliphatic rings. The van der Waals surface area contributed by atoms with Crippen LogP contribution >= 0.6 is 11.3 Å². The molecular formula is C22H30N2O6S. The number of methoxy groups -OCH3 is 1. The van der Waals surface area contributed by atoms with Gasteiger partial charge in [0.25, 0.3) is 5.91 Å². The number of nitrogens with one attached hydrogen (secondary N) is 1. The molecule has 2 aromatic heterocycles. The van der Waals surface area contributed by atoms with Gasteiger partial charge in [-0.05, 0) is 49.3 Å². The maximum atomic E-state index is 10.6. The molecule has 1 spiro atoms. The number of thiophene rings is 1. The average Bonchev–Trinajstić information content (AvgIpc) is 3.33. The summed E-state index contributed by atoms with van der Waals surface area (Å²) in [6, 6.07) is 7.47. The first-order valence-corrected chi connectivity index (χ1v) is 11.4. The highest BCUT2D eigenvalue weighted by atomic mass is 32.1. The zero-order chi connectivity index (χ0) is 22.2. The van der Waals surface area contributed by atoms with Crippen LogP contribution < -0.4 is 10.1 Å². The van der Waals surface area contributed by atoms with Crippen LogP contribution in [0, 0.1) is 0 Å². The number of nitrogens with zero attached hydrogens (tertiary/aromatic N) is 1. The minimum Gasteiger partial charge on any atom is -0.495 e. The van der Waals surface area contributed by atoms with Gasteiger partial charge in [0.05, 0.1) is 12.7 Å². The number of aliphatic hydroxyl groups is 4. The highest BCUT2D eigenvalue weighted by Gasteiger charge is 2.54. The summed E-state index contributed by atoms with van der Waals surface area (Å²) < 4.78 is 11.3. The van der Waals surface area contributed by atoms with E-state index in [1.807, 2.05) is 18.2 Å². The van der Waals surface area contributed by atoms with E-state index in [1.54, 1.807) is 17.6 Å². The van der Waals surface area contributed by atoms with Crippen molar-refractivity contribution < 1.29 is 29.9 Å². The van der Waals surface area contributed by atoms with Crippen LogP contribution in [0.5, 0.6) is 5.75 Å². The molecule has 9 heteroatoms. The summed E-state index contributed by atoms with van der Waals surface area (Å²) in [6.07, 6.45) is 4.64. The van der Waals surface area contributed by atoms with E-state index in [4.69, 9.17) is 9.47 Å². The third kappa shape index (κ3) is 4.63. The van der Waals surface area contributed by atoms with Crippen LogP contribution in [-0.2, 0) is 16.1 Å². The number of rotatable bonds is 7. The van der Waals surface area contributed by atoms with E-state index in [9.17, 15) is 20.4 Å². The highest BCUT2D eigenvalue weighted by Crippen LogP contribution is 2.51. The van der Waals surface area contributed by atoms with Crippen molar-refractivity contribution in [2.45, 2.75) is 61.2 Å². The predicted octanol–water partition coefficient (Wildman–Crippen LogP) is 1.58. The molecule has 2 aromatic rings. The van der Waals surface area contributed by atoms with Crippen LogP contribution in [0.2, 0.25) is 0 Å². The molecule has 2 fully saturated rings. The molecule has 2 atom stereocenters. The first kappa shape index (κ1) is 22.6. The number of pyridine rings is 1. The highest BCUT2D eigenvalue weighted by molar-refractivity contribution is 7.10. The zero-order valence-corrected chi connectivity index (χ0v) is 18.4. The van der Waals surface area contributed by atoms with Gasteiger partial charge in [-0.3, -0.25) is 10.3 Å². The van der Waals surface area contributed by atoms with E-state index in [0.29, 0.717) is 49.5 Å². The molecule has 1 saturated heterocycles. The van der Waals surface area contributed by atoms with Gasteiger partial charge >= 0.3 is 0 Å². The summed E-state index contributed by atoms with van der Waals surface area (Å²) in [7, 11) is 1.49. The van der Waals surface area contributed by atoms with Crippen LogP contribution in [0.15, 0.2) is 35.8 Å². The van der Waals surface area contributed by atoms with Gasteiger partial charge in [0.15, 0.2) is 5.79 Å². The van der Waals surface area contributed by atoms with Gasteiger partial charge in [-0.25, -0.2) is 0 Å². The van der Waals surface area contributed by atoms with Crippen molar-refractivity contribution in [2.24, 2.45) is 0 Å². The molecule has 8 nitrogen and oxygen atoms in total. The van der Waals surface area contributed by atoms with Gasteiger partial charge in [-0.1, -0.05) is 6.07 Å². The van der Waals surface area contributed by atoms with E-state index < -0.39 is 17.3 Å². The molecule has 1 saturated carbocycles. The summed E-state index contributed by atoms with van der Waals surface area (Å²) in [4.78, 5) is 4.90. The average molecular weight is 451 g/mol. The van der Waals surface area contributed by atoms with Gasteiger partial charge in [-0.15, -0.1) is 11.3 Å². The molecule has 0 amide bonds. The van der Waals surface area contributed by atoms with E-state index in [0.717, 1.165) is 5.69 Å². The Balaban J connectivity index is 1.54. The minimum absolute atomic E-state index is 0.165. The molecule has 0 radical (unpaired) electrons. The minimum atomic E-state index is -2.22. The molecule has 1 aliphatic carbocycles. The largest absolute Gasteiger partial charge is 0.495 e. The third-order valence-electron chi connectivity index (χ3n) is 6.58. The fourth-order valence-electron chi connectivity index (χ4n) is 5.12. The normalized spacial score (nSPS) is 28.2. The fraction of sp³-hybridized carbons (Fsp3) is 0.591. The lowest BCUT2D eigenvalue weighted by Crippen LogP contribution is -2.50. The van der Waals surface area contributed by atoms with Crippen LogP contribution in [0.25, 0.3) is 0 Å². The van der Waals surface area contributed by atoms with Gasteiger partial charge in [-0.2, -0.15) is 0 Å². The number of ether oxygens (including phenoxy) is 2. The number of hydrogen-bond acceptors (Lipinski definition) is 9. The van der Waals surface area contributed by atoms with Crippen molar-refractivity contribution in [3.63, 3.8) is 0 Å². The molecule has 0 bridgehead atoms. The zero-order valence-electron chi connectivity index (χ0n) is 17.6. The summed E-state index contributed by atoms with van der Waals surface area (Å²) in [5, 5.41) is 46.1. The van der Waals surface area contributed by atoms with Crippen molar-refractivity contribution in [3.05, 3.63) is 46.4 Å². The Hall–Kier alpha value is -1.59. The predicted molar refractivity (Wildman–Crippen MR) is 114 cm³/mol. The number of hydrogen-bond donors (Lipinski definition) is 5. The van der Waals surface area contributed by atoms with E-state index >= 15 is 0 Å². The van der Waals surface area contributed by atoms with Gasteiger partial charge in [0.1, 0.15) is 10.6 Å². The van der Waals surface area contributed by atoms with Crippen molar-refractivity contribution >= 4 is 11.3 Å². The Kier molecular flexibility index (Phi) is 6.12. The lowest BCUT2D eigenvalue weighted by atomic mass is 9.68. The second kappa shape index (κ2) is 8.40. The van der Waals surface area contributed by atoms with Gasteiger partial charge in [0.2, 0.25) is 0 Å². The Morgan fingerprint density at radius 3 is 2.71 bits per heavy atom. The molecule has 0 aromatic carbocycles. The van der Waals surface area contributed by atoms with Crippen LogP contribution in [0.1, 0.15) is 49.1 Å². The topological polar surface area (TPSA) is 124 Å². The summed E-state index contributed by atoms with van der Waals surface area (Å²) >= 11 is 1.20. The molecular weight excluding hydrogens is 420 g/mol. The monoisotopic (exact) mass is 450 g/mol. The second-order valence-electron chi connectivity index (χ2n) is 8.78. The molecule has 1 aliphatic heterocycles. The molecule has 5 N–H and O–H groups in total. The van der Waals surface area contributed by atoms with Crippen molar-refractivity contribution in [3.8, 4) is 5.75 Å². The standard InChI is InChI=1S/C22H30N2O6S/c1-29-16-5-13-31-18(16)22(27,28)24-11-8-19(17-4-2-3-10-23-17)9-12-30-20(14-19)6-7-21(25,26)15-20/h2-5,10,13,24-28H,6-9,11-12,14-15H2,1H3/t19-,20?/m1/s1. The Morgan fingerprint density at radius 1 is 1.19 bits per heavy atom. The van der Waals surface area contributed by atoms with E-state index in [-0.39, 0.29) is 18.3 Å². The smallest absolute Gasteiger partial charge is 0.264 e. The molecule has 3 heterocycles. The van der Waals surface area contributed by atoms with Crippen LogP contribution in [0.3, 0.4) is 0 Å². The maximum absolute atomic E-state index is 10.6. The van der Waals surface area contributed by atoms with E-state index in [1.165, 1.54) is 18.4 Å². The Morgan fingerprint density at radius 2 is 2.03 bits per heavy atom. The Bertz CT molecular complexity index is 889. The van der Waals surface area contributed by atoms with Crippen LogP contribution in [0.4, 0.5) is 0 Å². The number of aromatic nitrogens is 1. The van der Waals surface area contributed by atoms with Crippen molar-refractivity contribution in [1.29, 1.82) is 0 Å². The SMILES string of the molecule is COc1ccsc1C(O)(O)NCC[C@@]1(c2ccccn2)CCOC2(CCC(O)(O)C2)C1. The fourth-order valence-corrected chi connectivity index (χ4v) is 5.95. The quantitative estimate of drug-likeness (QED) is 0.403. The molecule has 31 heavy (non-hydrogen) atoms. The maximum Gasteiger partial charge on any atom is 0.264 e.